The van der Waals surface area contributed by atoms with Crippen LogP contribution in [0.1, 0.15) is 41.5 Å². The summed E-state index contributed by atoms with van der Waals surface area (Å²) in [5, 5.41) is 18.1. The smallest absolute Gasteiger partial charge is 0.164 e. The van der Waals surface area contributed by atoms with Crippen LogP contribution in [0.3, 0.4) is 0 Å². The molecule has 10 aromatic rings. The Hall–Kier alpha value is -6.80. The Morgan fingerprint density at radius 2 is 0.891 bits per heavy atom. The number of aliphatic hydroxyl groups excluding tert-OH is 1. The van der Waals surface area contributed by atoms with Gasteiger partial charge < -0.3 is 15.1 Å². The number of benzene rings is 8. The van der Waals surface area contributed by atoms with Gasteiger partial charge in [0, 0.05) is 71.6 Å². The zero-order valence-electron chi connectivity index (χ0n) is 36.2. The van der Waals surface area contributed by atoms with Crippen molar-refractivity contribution in [1.29, 1.82) is 0 Å². The van der Waals surface area contributed by atoms with Gasteiger partial charge in [-0.1, -0.05) is 112 Å². The van der Waals surface area contributed by atoms with Crippen LogP contribution in [-0.4, -0.2) is 30.8 Å². The number of aromatic nitrogens is 4. The summed E-state index contributed by atoms with van der Waals surface area (Å²) in [6, 6.07) is 47.6. The molecule has 6 nitrogen and oxygen atoms in total. The van der Waals surface area contributed by atoms with E-state index in [1.165, 1.54) is 30.3 Å². The number of aliphatic hydroxyl groups is 1. The van der Waals surface area contributed by atoms with Crippen molar-refractivity contribution in [2.24, 2.45) is 10.8 Å². The van der Waals surface area contributed by atoms with Crippen molar-refractivity contribution in [2.75, 3.05) is 0 Å². The minimum atomic E-state index is -0.417. The standard InChI is InChI=1S/2C22H12FN2.C11H20O2.Ir/c2*23-15-11-9-14(10-12-15)20-13-24-21-18-7-3-1-5-16(18)17-6-2-4-8-19(17)22(21)25-20;1-10(2,3)8(12)7-9(13)11(4,5)6;/h2*1-6,8-13H;7,12H,1-6H3;/q2*-1;;. The first-order valence-corrected chi connectivity index (χ1v) is 20.6. The molecule has 0 fully saturated rings. The van der Waals surface area contributed by atoms with Gasteiger partial charge in [0.05, 0.1) is 22.4 Å². The van der Waals surface area contributed by atoms with Crippen molar-refractivity contribution in [3.05, 3.63) is 181 Å². The summed E-state index contributed by atoms with van der Waals surface area (Å²) in [7, 11) is 0. The molecule has 2 heterocycles. The molecular formula is C55H44F2IrN4O2-2. The van der Waals surface area contributed by atoms with E-state index in [0.717, 1.165) is 87.7 Å². The van der Waals surface area contributed by atoms with Crippen LogP contribution < -0.4 is 0 Å². The summed E-state index contributed by atoms with van der Waals surface area (Å²) in [6.07, 6.45) is 4.81. The minimum Gasteiger partial charge on any atom is -0.512 e. The minimum absolute atomic E-state index is 0. The predicted octanol–water partition coefficient (Wildman–Crippen LogP) is 14.2. The number of nitrogens with zero attached hydrogens (tertiary/aromatic N) is 4. The second kappa shape index (κ2) is 18.5. The van der Waals surface area contributed by atoms with E-state index in [-0.39, 0.29) is 48.7 Å². The number of allylic oxidation sites excluding steroid dienone is 2. The van der Waals surface area contributed by atoms with Gasteiger partial charge in [-0.15, -0.1) is 59.3 Å². The molecule has 0 aliphatic heterocycles. The number of carbonyl (C=O) groups excluding carboxylic acids is 1. The van der Waals surface area contributed by atoms with Gasteiger partial charge in [-0.05, 0) is 59.3 Å². The molecule has 0 unspecified atom stereocenters. The molecule has 321 valence electrons. The fourth-order valence-electron chi connectivity index (χ4n) is 7.16. The van der Waals surface area contributed by atoms with Crippen molar-refractivity contribution >= 4 is 70.9 Å². The van der Waals surface area contributed by atoms with Crippen LogP contribution in [0.25, 0.3) is 87.7 Å². The van der Waals surface area contributed by atoms with Gasteiger partial charge in [0.25, 0.3) is 0 Å². The molecule has 0 amide bonds. The van der Waals surface area contributed by atoms with Crippen LogP contribution >= 0.6 is 0 Å². The van der Waals surface area contributed by atoms with Gasteiger partial charge >= 0.3 is 0 Å². The largest absolute Gasteiger partial charge is 0.512 e. The molecule has 9 heteroatoms. The molecule has 0 atom stereocenters. The molecule has 1 N–H and O–H groups in total. The molecule has 2 aromatic heterocycles. The molecule has 0 spiro atoms. The third-order valence-electron chi connectivity index (χ3n) is 10.7. The third kappa shape index (κ3) is 9.42. The summed E-state index contributed by atoms with van der Waals surface area (Å²) in [6.45, 7) is 11.1. The van der Waals surface area contributed by atoms with Crippen molar-refractivity contribution in [1.82, 2.24) is 19.9 Å². The van der Waals surface area contributed by atoms with E-state index in [1.807, 2.05) is 90.1 Å². The fourth-order valence-corrected chi connectivity index (χ4v) is 7.16. The summed E-state index contributed by atoms with van der Waals surface area (Å²) < 4.78 is 26.4. The molecule has 8 aromatic carbocycles. The maximum absolute atomic E-state index is 13.2. The van der Waals surface area contributed by atoms with E-state index in [1.54, 1.807) is 36.7 Å². The average Bonchev–Trinajstić information content (AvgIpc) is 3.29. The van der Waals surface area contributed by atoms with Crippen LogP contribution in [0.5, 0.6) is 0 Å². The topological polar surface area (TPSA) is 88.9 Å². The summed E-state index contributed by atoms with van der Waals surface area (Å²) >= 11 is 0. The van der Waals surface area contributed by atoms with Crippen molar-refractivity contribution in [3.8, 4) is 22.5 Å². The Balaban J connectivity index is 0.000000151. The molecule has 10 rings (SSSR count). The number of halogens is 2. The summed E-state index contributed by atoms with van der Waals surface area (Å²) in [4.78, 5) is 30.5. The number of rotatable bonds is 3. The van der Waals surface area contributed by atoms with Crippen LogP contribution in [0, 0.1) is 34.6 Å². The maximum Gasteiger partial charge on any atom is 0.164 e. The summed E-state index contributed by atoms with van der Waals surface area (Å²) in [5.74, 6) is -0.417. The number of hydrogen-bond donors (Lipinski definition) is 1. The van der Waals surface area contributed by atoms with Crippen LogP contribution in [0.15, 0.2) is 158 Å². The van der Waals surface area contributed by atoms with Gasteiger partial charge in [-0.3, -0.25) is 14.8 Å². The quantitative estimate of drug-likeness (QED) is 0.0821. The van der Waals surface area contributed by atoms with Gasteiger partial charge in [0.2, 0.25) is 0 Å². The predicted molar refractivity (Wildman–Crippen MR) is 252 cm³/mol. The number of ketones is 1. The van der Waals surface area contributed by atoms with Gasteiger partial charge in [-0.2, -0.15) is 0 Å². The molecule has 0 aliphatic rings. The molecule has 1 radical (unpaired) electrons. The SMILES string of the molecule is CC(C)(C)C(=O)C=C(O)C(C)(C)C.Fc1ccc(-c2cnc3c4[c-]cccc4c4ccccc4c3n2)cc1.Fc1ccc(-c2cnc3c4[c-]cccc4c4ccccc4c3n2)cc1.[Ir]. The normalized spacial score (nSPS) is 11.8. The van der Waals surface area contributed by atoms with Crippen molar-refractivity contribution in [2.45, 2.75) is 41.5 Å². The molecule has 64 heavy (non-hydrogen) atoms. The summed E-state index contributed by atoms with van der Waals surface area (Å²) in [5.41, 5.74) is 5.73. The van der Waals surface area contributed by atoms with Crippen LogP contribution in [0.4, 0.5) is 8.78 Å². The fraction of sp³-hybridized carbons (Fsp3) is 0.145. The number of hydrogen-bond acceptors (Lipinski definition) is 6. The zero-order valence-corrected chi connectivity index (χ0v) is 38.6. The molecule has 0 saturated carbocycles. The Kier molecular flexibility index (Phi) is 13.1. The first-order chi connectivity index (χ1) is 30.2. The van der Waals surface area contributed by atoms with E-state index in [9.17, 15) is 18.7 Å². The molecule has 0 bridgehead atoms. The van der Waals surface area contributed by atoms with Gasteiger partial charge in [0.15, 0.2) is 5.78 Å². The Morgan fingerprint density at radius 1 is 0.516 bits per heavy atom. The molecular weight excluding hydrogens is 979 g/mol. The van der Waals surface area contributed by atoms with E-state index >= 15 is 0 Å². The molecule has 0 aliphatic carbocycles. The van der Waals surface area contributed by atoms with E-state index < -0.39 is 5.41 Å². The van der Waals surface area contributed by atoms with E-state index in [4.69, 9.17) is 9.97 Å². The van der Waals surface area contributed by atoms with E-state index in [2.05, 4.69) is 58.5 Å². The molecule has 0 saturated heterocycles. The van der Waals surface area contributed by atoms with Crippen molar-refractivity contribution in [3.63, 3.8) is 0 Å². The average molecular weight is 1020 g/mol. The second-order valence-electron chi connectivity index (χ2n) is 17.3. The first kappa shape index (κ1) is 45.2. The third-order valence-corrected chi connectivity index (χ3v) is 10.7. The second-order valence-corrected chi connectivity index (χ2v) is 17.3. The Bertz CT molecular complexity index is 3090. The van der Waals surface area contributed by atoms with Gasteiger partial charge in [-0.25, -0.2) is 8.78 Å². The Labute approximate surface area is 384 Å². The monoisotopic (exact) mass is 1020 g/mol. The van der Waals surface area contributed by atoms with Gasteiger partial charge in [0.1, 0.15) is 17.4 Å². The number of carbonyl (C=O) groups is 1. The van der Waals surface area contributed by atoms with Crippen molar-refractivity contribution < 1.29 is 38.8 Å². The first-order valence-electron chi connectivity index (χ1n) is 20.6. The van der Waals surface area contributed by atoms with Crippen LogP contribution in [0.2, 0.25) is 0 Å². The Morgan fingerprint density at radius 3 is 1.27 bits per heavy atom. The zero-order chi connectivity index (χ0) is 44.5. The van der Waals surface area contributed by atoms with Crippen LogP contribution in [-0.2, 0) is 24.9 Å². The van der Waals surface area contributed by atoms with E-state index in [0.29, 0.717) is 0 Å². The maximum atomic E-state index is 13.2. The number of fused-ring (bicyclic) bond motifs is 12.